The Labute approximate surface area is 247 Å². The van der Waals surface area contributed by atoms with Crippen LogP contribution in [-0.4, -0.2) is 81.1 Å². The zero-order valence-electron chi connectivity index (χ0n) is 24.0. The summed E-state index contributed by atoms with van der Waals surface area (Å²) in [6.45, 7) is 3.92. The molecule has 11 heteroatoms. The fourth-order valence-electron chi connectivity index (χ4n) is 6.83. The maximum absolute atomic E-state index is 16.8. The van der Waals surface area contributed by atoms with Crippen molar-refractivity contribution >= 4 is 27.5 Å². The number of phenols is 1. The number of aromatic hydroxyl groups is 1. The number of rotatable bonds is 5. The van der Waals surface area contributed by atoms with Gasteiger partial charge < -0.3 is 24.6 Å². The number of pyridine rings is 1. The first kappa shape index (κ1) is 27.6. The van der Waals surface area contributed by atoms with Crippen LogP contribution in [0.25, 0.3) is 32.9 Å². The van der Waals surface area contributed by atoms with Crippen molar-refractivity contribution in [2.75, 3.05) is 44.9 Å². The van der Waals surface area contributed by atoms with E-state index in [9.17, 15) is 14.6 Å². The molecule has 2 N–H and O–H groups in total. The molecule has 2 aromatic carbocycles. The SMILES string of the molecule is C#Cc1c(F)ccc2cc(O)cc(-c3nc4c5c(nc(OCC67CCCN6CCC7)nc5c3F)N(C)[C@](C)(CO)CO4)c12. The monoisotopic (exact) mass is 587 g/mol. The molecule has 5 heterocycles. The largest absolute Gasteiger partial charge is 0.508 e. The molecule has 2 fully saturated rings. The zero-order valence-corrected chi connectivity index (χ0v) is 24.0. The zero-order chi connectivity index (χ0) is 30.1. The summed E-state index contributed by atoms with van der Waals surface area (Å²) in [7, 11) is 1.74. The lowest BCUT2D eigenvalue weighted by Gasteiger charge is -2.36. The lowest BCUT2D eigenvalue weighted by atomic mass is 9.95. The summed E-state index contributed by atoms with van der Waals surface area (Å²) < 4.78 is 44.0. The average Bonchev–Trinajstić information content (AvgIpc) is 3.57. The molecule has 0 saturated carbocycles. The Kier molecular flexibility index (Phi) is 6.34. The first-order valence-corrected chi connectivity index (χ1v) is 14.4. The van der Waals surface area contributed by atoms with Crippen molar-refractivity contribution in [3.8, 4) is 41.2 Å². The molecule has 0 aliphatic carbocycles. The van der Waals surface area contributed by atoms with E-state index in [4.69, 9.17) is 20.9 Å². The average molecular weight is 588 g/mol. The van der Waals surface area contributed by atoms with Gasteiger partial charge in [-0.05, 0) is 69.3 Å². The van der Waals surface area contributed by atoms with E-state index in [2.05, 4.69) is 20.8 Å². The number of hydrogen-bond donors (Lipinski definition) is 2. The van der Waals surface area contributed by atoms with Gasteiger partial charge in [0, 0.05) is 18.0 Å². The topological polar surface area (TPSA) is 104 Å². The first-order chi connectivity index (χ1) is 20.7. The van der Waals surface area contributed by atoms with Gasteiger partial charge in [0.15, 0.2) is 5.82 Å². The van der Waals surface area contributed by atoms with Crippen molar-refractivity contribution in [1.29, 1.82) is 0 Å². The van der Waals surface area contributed by atoms with E-state index in [1.54, 1.807) is 18.9 Å². The van der Waals surface area contributed by atoms with Gasteiger partial charge in [-0.15, -0.1) is 6.42 Å². The number of anilines is 1. The van der Waals surface area contributed by atoms with Gasteiger partial charge in [0.05, 0.1) is 23.2 Å². The molecule has 0 bridgehead atoms. The highest BCUT2D eigenvalue weighted by Gasteiger charge is 2.45. The van der Waals surface area contributed by atoms with Crippen LogP contribution in [0, 0.1) is 24.0 Å². The Morgan fingerprint density at radius 2 is 1.88 bits per heavy atom. The van der Waals surface area contributed by atoms with Crippen molar-refractivity contribution in [3.05, 3.63) is 41.5 Å². The van der Waals surface area contributed by atoms with Crippen LogP contribution in [0.1, 0.15) is 38.2 Å². The van der Waals surface area contributed by atoms with Crippen molar-refractivity contribution < 1.29 is 28.5 Å². The second-order valence-electron chi connectivity index (χ2n) is 12.0. The van der Waals surface area contributed by atoms with Crippen LogP contribution in [0.4, 0.5) is 14.6 Å². The van der Waals surface area contributed by atoms with Gasteiger partial charge >= 0.3 is 6.01 Å². The van der Waals surface area contributed by atoms with Crippen LogP contribution in [0.3, 0.4) is 0 Å². The normalized spacial score (nSPS) is 21.1. The van der Waals surface area contributed by atoms with Crippen LogP contribution in [-0.2, 0) is 0 Å². The number of likely N-dealkylation sites (N-methyl/N-ethyl adjacent to an activating group) is 1. The summed E-state index contributed by atoms with van der Waals surface area (Å²) in [5, 5.41) is 21.7. The molecule has 3 aliphatic rings. The van der Waals surface area contributed by atoms with Crippen molar-refractivity contribution in [2.45, 2.75) is 43.7 Å². The van der Waals surface area contributed by atoms with Crippen molar-refractivity contribution in [1.82, 2.24) is 19.9 Å². The van der Waals surface area contributed by atoms with E-state index in [1.807, 2.05) is 0 Å². The molecular formula is C32H31F2N5O4. The molecular weight excluding hydrogens is 556 g/mol. The number of terminal acetylenes is 1. The Hall–Kier alpha value is -4.27. The van der Waals surface area contributed by atoms with Gasteiger partial charge in [-0.2, -0.15) is 9.97 Å². The summed E-state index contributed by atoms with van der Waals surface area (Å²) in [5.41, 5.74) is -1.37. The van der Waals surface area contributed by atoms with E-state index >= 15 is 4.39 Å². The predicted molar refractivity (Wildman–Crippen MR) is 157 cm³/mol. The second-order valence-corrected chi connectivity index (χ2v) is 12.0. The molecule has 7 rings (SSSR count). The summed E-state index contributed by atoms with van der Waals surface area (Å²) in [6.07, 6.45) is 9.88. The quantitative estimate of drug-likeness (QED) is 0.329. The van der Waals surface area contributed by atoms with E-state index < -0.39 is 17.2 Å². The van der Waals surface area contributed by atoms with Gasteiger partial charge in [0.25, 0.3) is 0 Å². The van der Waals surface area contributed by atoms with E-state index in [-0.39, 0.29) is 69.5 Å². The molecule has 3 aliphatic heterocycles. The van der Waals surface area contributed by atoms with Crippen LogP contribution < -0.4 is 14.4 Å². The van der Waals surface area contributed by atoms with Crippen LogP contribution in [0.15, 0.2) is 24.3 Å². The molecule has 9 nitrogen and oxygen atoms in total. The lowest BCUT2D eigenvalue weighted by molar-refractivity contribution is 0.107. The predicted octanol–water partition coefficient (Wildman–Crippen LogP) is 4.40. The van der Waals surface area contributed by atoms with Crippen LogP contribution >= 0.6 is 0 Å². The number of fused-ring (bicyclic) bond motifs is 2. The third-order valence-electron chi connectivity index (χ3n) is 9.43. The van der Waals surface area contributed by atoms with Crippen LogP contribution in [0.5, 0.6) is 17.6 Å². The molecule has 43 heavy (non-hydrogen) atoms. The summed E-state index contributed by atoms with van der Waals surface area (Å²) >= 11 is 0. The maximum Gasteiger partial charge on any atom is 0.319 e. The van der Waals surface area contributed by atoms with E-state index in [0.29, 0.717) is 17.8 Å². The van der Waals surface area contributed by atoms with Gasteiger partial charge in [-0.3, -0.25) is 4.90 Å². The number of nitrogens with zero attached hydrogens (tertiary/aromatic N) is 5. The molecule has 0 unspecified atom stereocenters. The van der Waals surface area contributed by atoms with Crippen molar-refractivity contribution in [2.24, 2.45) is 0 Å². The smallest absolute Gasteiger partial charge is 0.319 e. The fourth-order valence-corrected chi connectivity index (χ4v) is 6.83. The van der Waals surface area contributed by atoms with E-state index in [1.165, 1.54) is 24.3 Å². The second kappa shape index (κ2) is 9.89. The minimum Gasteiger partial charge on any atom is -0.508 e. The number of aliphatic hydroxyl groups excluding tert-OH is 1. The van der Waals surface area contributed by atoms with Gasteiger partial charge in [0.1, 0.15) is 47.2 Å². The van der Waals surface area contributed by atoms with Gasteiger partial charge in [0.2, 0.25) is 5.88 Å². The molecule has 222 valence electrons. The summed E-state index contributed by atoms with van der Waals surface area (Å²) in [6, 6.07) is 5.36. The Morgan fingerprint density at radius 1 is 1.12 bits per heavy atom. The molecule has 1 atom stereocenters. The van der Waals surface area contributed by atoms with Crippen molar-refractivity contribution in [3.63, 3.8) is 0 Å². The molecule has 0 amide bonds. The van der Waals surface area contributed by atoms with E-state index in [0.717, 1.165) is 38.8 Å². The molecule has 4 aromatic rings. The molecule has 0 radical (unpaired) electrons. The minimum atomic E-state index is -0.931. The third kappa shape index (κ3) is 4.15. The molecule has 2 saturated heterocycles. The summed E-state index contributed by atoms with van der Waals surface area (Å²) in [4.78, 5) is 17.9. The Morgan fingerprint density at radius 3 is 2.60 bits per heavy atom. The summed E-state index contributed by atoms with van der Waals surface area (Å²) in [5.74, 6) is 1.01. The standard InChI is InChI=1S/C32H31F2N5O4/c1-4-20-22(33)8-7-18-13-19(41)14-21(23(18)20)26-25(34)27-24-28(38(3)31(2,15-40)16-42-29(24)35-26)37-30(36-27)43-17-32-9-5-11-39(32)12-6-10-32/h1,7-8,13-14,40-41H,5-6,9-12,15-17H2,2-3H3/t31-/m1/s1. The Bertz CT molecular complexity index is 1830. The first-order valence-electron chi connectivity index (χ1n) is 14.4. The maximum atomic E-state index is 16.8. The minimum absolute atomic E-state index is 0.00279. The molecule has 0 spiro atoms. The Balaban J connectivity index is 1.46. The molecule has 2 aromatic heterocycles. The number of halogens is 2. The fraction of sp³-hybridized carbons (Fsp3) is 0.406. The number of benzene rings is 2. The number of phenolic OH excluding ortho intramolecular Hbond substituents is 1. The number of ether oxygens (including phenoxy) is 2. The number of aromatic nitrogens is 3. The highest BCUT2D eigenvalue weighted by atomic mass is 19.1. The highest BCUT2D eigenvalue weighted by Crippen LogP contribution is 2.44. The highest BCUT2D eigenvalue weighted by molar-refractivity contribution is 6.04. The van der Waals surface area contributed by atoms with Crippen LogP contribution in [0.2, 0.25) is 0 Å². The lowest BCUT2D eigenvalue weighted by Crippen LogP contribution is -2.51. The number of aliphatic hydroxyl groups is 1. The van der Waals surface area contributed by atoms with Gasteiger partial charge in [-0.1, -0.05) is 12.0 Å². The third-order valence-corrected chi connectivity index (χ3v) is 9.43. The number of hydrogen-bond acceptors (Lipinski definition) is 9. The van der Waals surface area contributed by atoms with Gasteiger partial charge in [-0.25, -0.2) is 13.8 Å².